The van der Waals surface area contributed by atoms with Gasteiger partial charge in [0.05, 0.1) is 5.56 Å². The van der Waals surface area contributed by atoms with E-state index in [4.69, 9.17) is 0 Å². The van der Waals surface area contributed by atoms with E-state index in [0.29, 0.717) is 5.56 Å². The lowest BCUT2D eigenvalue weighted by Crippen LogP contribution is -2.40. The van der Waals surface area contributed by atoms with Gasteiger partial charge < -0.3 is 10.3 Å². The lowest BCUT2D eigenvalue weighted by molar-refractivity contribution is -0.117. The molecule has 0 atom stereocenters. The van der Waals surface area contributed by atoms with E-state index >= 15 is 0 Å². The first-order chi connectivity index (χ1) is 9.25. The number of nitrogens with one attached hydrogen (secondary N) is 2. The molecule has 1 aliphatic rings. The van der Waals surface area contributed by atoms with Gasteiger partial charge in [-0.15, -0.1) is 0 Å². The van der Waals surface area contributed by atoms with E-state index in [1.54, 1.807) is 27.8 Å². The summed E-state index contributed by atoms with van der Waals surface area (Å²) in [6, 6.07) is 7.56. The summed E-state index contributed by atoms with van der Waals surface area (Å²) in [6.07, 6.45) is 1.60. The molecule has 2 N–H and O–H groups in total. The highest BCUT2D eigenvalue weighted by molar-refractivity contribution is 8.77. The first-order valence-corrected chi connectivity index (χ1v) is 8.40. The van der Waals surface area contributed by atoms with Crippen LogP contribution in [-0.2, 0) is 4.79 Å². The number of hydrogen-bond acceptors (Lipinski definition) is 4. The van der Waals surface area contributed by atoms with Crippen molar-refractivity contribution in [3.8, 4) is 0 Å². The van der Waals surface area contributed by atoms with Crippen molar-refractivity contribution in [1.82, 2.24) is 10.3 Å². The molecule has 1 fully saturated rings. The largest absolute Gasteiger partial charge is 0.360 e. The Morgan fingerprint density at radius 2 is 1.95 bits per heavy atom. The first kappa shape index (κ1) is 12.6. The lowest BCUT2D eigenvalue weighted by atomic mass is 10.1. The van der Waals surface area contributed by atoms with Crippen LogP contribution in [0.5, 0.6) is 0 Å². The van der Waals surface area contributed by atoms with Crippen LogP contribution in [0.25, 0.3) is 10.9 Å². The molecular weight excluding hydrogens is 280 g/mol. The molecule has 3 rings (SSSR count). The average Bonchev–Trinajstić information content (AvgIpc) is 3.06. The van der Waals surface area contributed by atoms with Gasteiger partial charge in [0.25, 0.3) is 11.7 Å². The van der Waals surface area contributed by atoms with E-state index in [9.17, 15) is 9.59 Å². The molecule has 19 heavy (non-hydrogen) atoms. The quantitative estimate of drug-likeness (QED) is 0.517. The van der Waals surface area contributed by atoms with Gasteiger partial charge >= 0.3 is 0 Å². The summed E-state index contributed by atoms with van der Waals surface area (Å²) >= 11 is 0. The van der Waals surface area contributed by atoms with E-state index < -0.39 is 11.7 Å². The van der Waals surface area contributed by atoms with Gasteiger partial charge in [-0.05, 0) is 6.07 Å². The predicted molar refractivity (Wildman–Crippen MR) is 79.5 cm³/mol. The molecule has 0 aliphatic carbocycles. The summed E-state index contributed by atoms with van der Waals surface area (Å²) in [7, 11) is 3.44. The van der Waals surface area contributed by atoms with Crippen LogP contribution in [0.3, 0.4) is 0 Å². The Morgan fingerprint density at radius 3 is 2.74 bits per heavy atom. The number of aromatic amines is 1. The van der Waals surface area contributed by atoms with Crippen molar-refractivity contribution >= 4 is 44.2 Å². The second-order valence-corrected chi connectivity index (χ2v) is 6.87. The SMILES string of the molecule is O=C(NC1CSSC1)C(=O)c1c[nH]c2ccccc12. The van der Waals surface area contributed by atoms with Crippen LogP contribution in [0.1, 0.15) is 10.4 Å². The number of rotatable bonds is 3. The summed E-state index contributed by atoms with van der Waals surface area (Å²) in [5.74, 6) is 0.729. The molecule has 0 unspecified atom stereocenters. The minimum atomic E-state index is -0.516. The standard InChI is InChI=1S/C13H12N2O2S2/c16-12(13(17)15-8-6-18-19-7-8)10-5-14-11-4-2-1-3-9(10)11/h1-5,8,14H,6-7H2,(H,15,17). The zero-order valence-corrected chi connectivity index (χ0v) is 11.6. The van der Waals surface area contributed by atoms with Gasteiger partial charge in [0.1, 0.15) is 0 Å². The molecule has 4 nitrogen and oxygen atoms in total. The number of amides is 1. The number of para-hydroxylation sites is 1. The van der Waals surface area contributed by atoms with Crippen molar-refractivity contribution in [2.75, 3.05) is 11.5 Å². The molecule has 1 saturated heterocycles. The highest BCUT2D eigenvalue weighted by Crippen LogP contribution is 2.30. The molecule has 1 aromatic heterocycles. The Kier molecular flexibility index (Phi) is 3.52. The predicted octanol–water partition coefficient (Wildman–Crippen LogP) is 2.23. The third kappa shape index (κ3) is 2.50. The number of carbonyl (C=O) groups excluding carboxylic acids is 2. The summed E-state index contributed by atoms with van der Waals surface area (Å²) in [6.45, 7) is 0. The topological polar surface area (TPSA) is 62.0 Å². The summed E-state index contributed by atoms with van der Waals surface area (Å²) in [4.78, 5) is 27.1. The second-order valence-electron chi connectivity index (χ2n) is 4.32. The first-order valence-electron chi connectivity index (χ1n) is 5.91. The van der Waals surface area contributed by atoms with Gasteiger partial charge in [-0.25, -0.2) is 0 Å². The normalized spacial score (nSPS) is 15.8. The average molecular weight is 292 g/mol. The molecule has 1 aromatic carbocycles. The number of ketones is 1. The number of hydrogen-bond donors (Lipinski definition) is 2. The number of H-pyrrole nitrogens is 1. The van der Waals surface area contributed by atoms with Crippen LogP contribution < -0.4 is 5.32 Å². The molecule has 98 valence electrons. The Balaban J connectivity index is 1.81. The van der Waals surface area contributed by atoms with Crippen LogP contribution in [0.2, 0.25) is 0 Å². The van der Waals surface area contributed by atoms with Gasteiger partial charge in [-0.1, -0.05) is 39.8 Å². The Morgan fingerprint density at radius 1 is 1.21 bits per heavy atom. The minimum absolute atomic E-state index is 0.0941. The fourth-order valence-corrected chi connectivity index (χ4v) is 4.66. The summed E-state index contributed by atoms with van der Waals surface area (Å²) in [5.41, 5.74) is 1.30. The third-order valence-corrected chi connectivity index (χ3v) is 5.56. The van der Waals surface area contributed by atoms with Crippen LogP contribution in [-0.4, -0.2) is 34.2 Å². The smallest absolute Gasteiger partial charge is 0.292 e. The molecule has 2 aromatic rings. The van der Waals surface area contributed by atoms with E-state index in [1.165, 1.54) is 0 Å². The maximum atomic E-state index is 12.2. The van der Waals surface area contributed by atoms with Crippen molar-refractivity contribution in [2.24, 2.45) is 0 Å². The van der Waals surface area contributed by atoms with Crippen LogP contribution in [0.15, 0.2) is 30.5 Å². The second kappa shape index (κ2) is 5.30. The van der Waals surface area contributed by atoms with Crippen LogP contribution in [0, 0.1) is 0 Å². The van der Waals surface area contributed by atoms with E-state index in [0.717, 1.165) is 22.4 Å². The maximum Gasteiger partial charge on any atom is 0.292 e. The van der Waals surface area contributed by atoms with Crippen molar-refractivity contribution in [1.29, 1.82) is 0 Å². The molecule has 0 radical (unpaired) electrons. The molecule has 6 heteroatoms. The lowest BCUT2D eigenvalue weighted by Gasteiger charge is -2.09. The zero-order valence-electron chi connectivity index (χ0n) is 10.0. The number of aromatic nitrogens is 1. The van der Waals surface area contributed by atoms with Gasteiger partial charge in [0.15, 0.2) is 0 Å². The number of fused-ring (bicyclic) bond motifs is 1. The molecular formula is C13H12N2O2S2. The zero-order chi connectivity index (χ0) is 13.2. The van der Waals surface area contributed by atoms with E-state index in [-0.39, 0.29) is 6.04 Å². The number of Topliss-reactive ketones (excluding diaryl/α,β-unsaturated/α-hetero) is 1. The molecule has 0 bridgehead atoms. The maximum absolute atomic E-state index is 12.2. The molecule has 0 spiro atoms. The molecule has 1 aliphatic heterocycles. The number of benzene rings is 1. The fourth-order valence-electron chi connectivity index (χ4n) is 2.02. The van der Waals surface area contributed by atoms with Gasteiger partial charge in [0, 0.05) is 34.6 Å². The Bertz CT molecular complexity index is 632. The summed E-state index contributed by atoms with van der Waals surface area (Å²) in [5, 5.41) is 3.58. The summed E-state index contributed by atoms with van der Waals surface area (Å²) < 4.78 is 0. The third-order valence-electron chi connectivity index (χ3n) is 3.00. The van der Waals surface area contributed by atoms with E-state index in [2.05, 4.69) is 10.3 Å². The number of carbonyl (C=O) groups is 2. The highest BCUT2D eigenvalue weighted by atomic mass is 33.1. The van der Waals surface area contributed by atoms with Gasteiger partial charge in [-0.3, -0.25) is 9.59 Å². The minimum Gasteiger partial charge on any atom is -0.360 e. The Hall–Kier alpha value is -1.40. The molecule has 1 amide bonds. The molecule has 2 heterocycles. The fraction of sp³-hybridized carbons (Fsp3) is 0.231. The van der Waals surface area contributed by atoms with Crippen molar-refractivity contribution in [3.05, 3.63) is 36.0 Å². The Labute approximate surface area is 118 Å². The highest BCUT2D eigenvalue weighted by Gasteiger charge is 2.24. The van der Waals surface area contributed by atoms with Gasteiger partial charge in [-0.2, -0.15) is 0 Å². The van der Waals surface area contributed by atoms with Crippen LogP contribution in [0.4, 0.5) is 0 Å². The van der Waals surface area contributed by atoms with Crippen molar-refractivity contribution < 1.29 is 9.59 Å². The van der Waals surface area contributed by atoms with Crippen LogP contribution >= 0.6 is 21.6 Å². The monoisotopic (exact) mass is 292 g/mol. The van der Waals surface area contributed by atoms with E-state index in [1.807, 2.05) is 24.3 Å². The van der Waals surface area contributed by atoms with Crippen molar-refractivity contribution in [2.45, 2.75) is 6.04 Å². The molecule has 0 saturated carbocycles. The van der Waals surface area contributed by atoms with Crippen molar-refractivity contribution in [3.63, 3.8) is 0 Å². The van der Waals surface area contributed by atoms with Gasteiger partial charge in [0.2, 0.25) is 0 Å².